The Bertz CT molecular complexity index is 200. The summed E-state index contributed by atoms with van der Waals surface area (Å²) in [6, 6.07) is 0. The van der Waals surface area contributed by atoms with E-state index in [4.69, 9.17) is 0 Å². The van der Waals surface area contributed by atoms with Crippen molar-refractivity contribution in [3.05, 3.63) is 12.7 Å². The average molecular weight is 240 g/mol. The van der Waals surface area contributed by atoms with Gasteiger partial charge in [-0.25, -0.2) is 0 Å². The zero-order valence-corrected chi connectivity index (χ0v) is 11.5. The van der Waals surface area contributed by atoms with Crippen LogP contribution in [0, 0.1) is 0 Å². The Balaban J connectivity index is 3.32. The van der Waals surface area contributed by atoms with Crippen LogP contribution in [0.5, 0.6) is 0 Å². The highest BCUT2D eigenvalue weighted by Crippen LogP contribution is 1.99. The fourth-order valence-electron chi connectivity index (χ4n) is 1.77. The maximum absolute atomic E-state index is 11.7. The predicted octanol–water partition coefficient (Wildman–Crippen LogP) is 2.58. The minimum absolute atomic E-state index is 0.258. The maximum Gasteiger partial charge on any atom is 0.223 e. The summed E-state index contributed by atoms with van der Waals surface area (Å²) in [5.41, 5.74) is 0. The molecule has 0 saturated carbocycles. The standard InChI is InChI=1S/C14H28N2O/c1-4-7-8-9-10-12-15-13-11-14(17)16(5-2)6-3/h4,15H,1,5-13H2,2-3H3. The van der Waals surface area contributed by atoms with Gasteiger partial charge < -0.3 is 10.2 Å². The molecule has 0 aromatic heterocycles. The van der Waals surface area contributed by atoms with E-state index < -0.39 is 0 Å². The van der Waals surface area contributed by atoms with Crippen LogP contribution < -0.4 is 5.32 Å². The molecule has 0 spiro atoms. The number of carbonyl (C=O) groups excluding carboxylic acids is 1. The molecule has 0 aromatic rings. The zero-order valence-electron chi connectivity index (χ0n) is 11.5. The quantitative estimate of drug-likeness (QED) is 0.445. The molecule has 0 rings (SSSR count). The number of carbonyl (C=O) groups is 1. The minimum atomic E-state index is 0.258. The van der Waals surface area contributed by atoms with Crippen molar-refractivity contribution >= 4 is 5.91 Å². The molecular weight excluding hydrogens is 212 g/mol. The lowest BCUT2D eigenvalue weighted by molar-refractivity contribution is -0.130. The second-order valence-corrected chi connectivity index (χ2v) is 4.20. The highest BCUT2D eigenvalue weighted by atomic mass is 16.2. The second-order valence-electron chi connectivity index (χ2n) is 4.20. The molecule has 0 radical (unpaired) electrons. The maximum atomic E-state index is 11.7. The fourth-order valence-corrected chi connectivity index (χ4v) is 1.77. The van der Waals surface area contributed by atoms with Crippen molar-refractivity contribution in [2.24, 2.45) is 0 Å². The van der Waals surface area contributed by atoms with E-state index in [2.05, 4.69) is 11.9 Å². The lowest BCUT2D eigenvalue weighted by Gasteiger charge is -2.18. The molecule has 0 aromatic carbocycles. The zero-order chi connectivity index (χ0) is 12.9. The van der Waals surface area contributed by atoms with Crippen LogP contribution in [-0.4, -0.2) is 37.0 Å². The van der Waals surface area contributed by atoms with Crippen LogP contribution in [-0.2, 0) is 4.79 Å². The van der Waals surface area contributed by atoms with E-state index in [0.717, 1.165) is 32.6 Å². The number of rotatable bonds is 11. The summed E-state index contributed by atoms with van der Waals surface area (Å²) in [6.45, 7) is 11.2. The molecule has 3 nitrogen and oxygen atoms in total. The van der Waals surface area contributed by atoms with Crippen LogP contribution in [0.25, 0.3) is 0 Å². The SMILES string of the molecule is C=CCCCCCNCCC(=O)N(CC)CC. The molecule has 0 aliphatic rings. The van der Waals surface area contributed by atoms with Gasteiger partial charge in [0, 0.05) is 26.1 Å². The third-order valence-corrected chi connectivity index (χ3v) is 2.89. The molecule has 1 amide bonds. The number of amides is 1. The molecule has 0 fully saturated rings. The molecule has 0 bridgehead atoms. The highest BCUT2D eigenvalue weighted by molar-refractivity contribution is 5.76. The lowest BCUT2D eigenvalue weighted by atomic mass is 10.2. The topological polar surface area (TPSA) is 32.3 Å². The van der Waals surface area contributed by atoms with E-state index in [1.807, 2.05) is 24.8 Å². The summed E-state index contributed by atoms with van der Waals surface area (Å²) in [5.74, 6) is 0.258. The van der Waals surface area contributed by atoms with Crippen molar-refractivity contribution < 1.29 is 4.79 Å². The number of allylic oxidation sites excluding steroid dienone is 1. The number of hydrogen-bond acceptors (Lipinski definition) is 2. The molecular formula is C14H28N2O. The monoisotopic (exact) mass is 240 g/mol. The molecule has 100 valence electrons. The number of nitrogens with one attached hydrogen (secondary N) is 1. The van der Waals surface area contributed by atoms with Gasteiger partial charge in [0.25, 0.3) is 0 Å². The van der Waals surface area contributed by atoms with Gasteiger partial charge in [0.05, 0.1) is 0 Å². The number of nitrogens with zero attached hydrogens (tertiary/aromatic N) is 1. The van der Waals surface area contributed by atoms with E-state index in [0.29, 0.717) is 6.42 Å². The Morgan fingerprint density at radius 2 is 1.88 bits per heavy atom. The highest BCUT2D eigenvalue weighted by Gasteiger charge is 2.07. The normalized spacial score (nSPS) is 10.2. The first-order valence-electron chi connectivity index (χ1n) is 6.85. The van der Waals surface area contributed by atoms with Crippen molar-refractivity contribution in [1.82, 2.24) is 10.2 Å². The first kappa shape index (κ1) is 16.2. The summed E-state index contributed by atoms with van der Waals surface area (Å²) in [5, 5.41) is 3.32. The first-order chi connectivity index (χ1) is 8.26. The molecule has 0 aliphatic carbocycles. The summed E-state index contributed by atoms with van der Waals surface area (Å²) in [7, 11) is 0. The fraction of sp³-hybridized carbons (Fsp3) is 0.786. The smallest absolute Gasteiger partial charge is 0.223 e. The summed E-state index contributed by atoms with van der Waals surface area (Å²) >= 11 is 0. The Kier molecular flexibility index (Phi) is 11.1. The van der Waals surface area contributed by atoms with E-state index in [-0.39, 0.29) is 5.91 Å². The van der Waals surface area contributed by atoms with Gasteiger partial charge in [-0.1, -0.05) is 12.5 Å². The van der Waals surface area contributed by atoms with Gasteiger partial charge in [-0.2, -0.15) is 0 Å². The first-order valence-corrected chi connectivity index (χ1v) is 6.85. The molecule has 0 aliphatic heterocycles. The van der Waals surface area contributed by atoms with Crippen molar-refractivity contribution in [3.63, 3.8) is 0 Å². The van der Waals surface area contributed by atoms with E-state index in [1.54, 1.807) is 0 Å². The van der Waals surface area contributed by atoms with Gasteiger partial charge in [-0.05, 0) is 39.7 Å². The Morgan fingerprint density at radius 1 is 1.18 bits per heavy atom. The van der Waals surface area contributed by atoms with Gasteiger partial charge >= 0.3 is 0 Å². The van der Waals surface area contributed by atoms with Gasteiger partial charge in [0.15, 0.2) is 0 Å². The van der Waals surface area contributed by atoms with Crippen LogP contribution in [0.2, 0.25) is 0 Å². The van der Waals surface area contributed by atoms with E-state index >= 15 is 0 Å². The van der Waals surface area contributed by atoms with Crippen LogP contribution in [0.15, 0.2) is 12.7 Å². The number of unbranched alkanes of at least 4 members (excludes halogenated alkanes) is 3. The van der Waals surface area contributed by atoms with Crippen molar-refractivity contribution in [1.29, 1.82) is 0 Å². The molecule has 1 N–H and O–H groups in total. The summed E-state index contributed by atoms with van der Waals surface area (Å²) < 4.78 is 0. The number of hydrogen-bond donors (Lipinski definition) is 1. The molecule has 3 heteroatoms. The molecule has 0 heterocycles. The largest absolute Gasteiger partial charge is 0.343 e. The van der Waals surface area contributed by atoms with Crippen molar-refractivity contribution in [2.75, 3.05) is 26.2 Å². The predicted molar refractivity (Wildman–Crippen MR) is 74.1 cm³/mol. The summed E-state index contributed by atoms with van der Waals surface area (Å²) in [6.07, 6.45) is 7.35. The van der Waals surface area contributed by atoms with E-state index in [9.17, 15) is 4.79 Å². The lowest BCUT2D eigenvalue weighted by Crippen LogP contribution is -2.33. The molecule has 0 saturated heterocycles. The van der Waals surface area contributed by atoms with E-state index in [1.165, 1.54) is 19.3 Å². The van der Waals surface area contributed by atoms with Crippen molar-refractivity contribution in [3.8, 4) is 0 Å². The van der Waals surface area contributed by atoms with Crippen LogP contribution in [0.4, 0.5) is 0 Å². The average Bonchev–Trinajstić information content (AvgIpc) is 2.34. The van der Waals surface area contributed by atoms with Gasteiger partial charge in [0.2, 0.25) is 5.91 Å². The van der Waals surface area contributed by atoms with Gasteiger partial charge in [-0.15, -0.1) is 6.58 Å². The molecule has 0 atom stereocenters. The van der Waals surface area contributed by atoms with Crippen molar-refractivity contribution in [2.45, 2.75) is 46.0 Å². The third kappa shape index (κ3) is 8.93. The Labute approximate surface area is 106 Å². The van der Waals surface area contributed by atoms with Gasteiger partial charge in [-0.3, -0.25) is 4.79 Å². The second kappa shape index (κ2) is 11.6. The van der Waals surface area contributed by atoms with Gasteiger partial charge in [0.1, 0.15) is 0 Å². The Hall–Kier alpha value is -0.830. The van der Waals surface area contributed by atoms with Crippen LogP contribution in [0.1, 0.15) is 46.0 Å². The minimum Gasteiger partial charge on any atom is -0.343 e. The molecule has 17 heavy (non-hydrogen) atoms. The van der Waals surface area contributed by atoms with Crippen LogP contribution in [0.3, 0.4) is 0 Å². The summed E-state index contributed by atoms with van der Waals surface area (Å²) in [4.78, 5) is 13.5. The Morgan fingerprint density at radius 3 is 2.47 bits per heavy atom. The third-order valence-electron chi connectivity index (χ3n) is 2.89. The molecule has 0 unspecified atom stereocenters. The van der Waals surface area contributed by atoms with Crippen LogP contribution >= 0.6 is 0 Å².